The van der Waals surface area contributed by atoms with Crippen LogP contribution >= 0.6 is 0 Å². The van der Waals surface area contributed by atoms with Crippen molar-refractivity contribution < 1.29 is 13.2 Å². The fraction of sp³-hybridized carbons (Fsp3) is 0.214. The van der Waals surface area contributed by atoms with Crippen LogP contribution in [0.3, 0.4) is 0 Å². The Morgan fingerprint density at radius 3 is 1.71 bits per heavy atom. The van der Waals surface area contributed by atoms with Gasteiger partial charge in [0.25, 0.3) is 0 Å². The molecule has 0 bridgehead atoms. The van der Waals surface area contributed by atoms with Crippen LogP contribution < -0.4 is 0 Å². The van der Waals surface area contributed by atoms with E-state index in [9.17, 15) is 13.2 Å². The molecule has 0 amide bonds. The van der Waals surface area contributed by atoms with Crippen molar-refractivity contribution >= 4 is 10.8 Å². The number of unbranched alkanes of at least 4 members (excludes halogenated alkanes) is 2. The first kappa shape index (κ1) is 21.2. The molecule has 0 unspecified atom stereocenters. The fourth-order valence-corrected chi connectivity index (χ4v) is 3.92. The average Bonchev–Trinajstić information content (AvgIpc) is 2.78. The maximum atomic E-state index is 12.8. The van der Waals surface area contributed by atoms with Crippen molar-refractivity contribution in [3.8, 4) is 22.3 Å². The molecule has 158 valence electrons. The molecule has 4 aromatic rings. The predicted octanol–water partition coefficient (Wildman–Crippen LogP) is 8.93. The topological polar surface area (TPSA) is 0 Å². The minimum Gasteiger partial charge on any atom is -0.166 e. The molecule has 0 N–H and O–H groups in total. The molecule has 0 nitrogen and oxygen atoms in total. The molecule has 0 aromatic heterocycles. The van der Waals surface area contributed by atoms with Crippen molar-refractivity contribution in [1.29, 1.82) is 0 Å². The Hall–Kier alpha value is -3.07. The highest BCUT2D eigenvalue weighted by Gasteiger charge is 2.29. The number of rotatable bonds is 6. The highest BCUT2D eigenvalue weighted by atomic mass is 19.4. The number of benzene rings is 4. The van der Waals surface area contributed by atoms with Gasteiger partial charge in [0.15, 0.2) is 0 Å². The Bertz CT molecular complexity index is 1150. The Kier molecular flexibility index (Phi) is 6.13. The van der Waals surface area contributed by atoms with E-state index in [1.165, 1.54) is 47.7 Å². The van der Waals surface area contributed by atoms with Crippen molar-refractivity contribution in [2.24, 2.45) is 0 Å². The second-order valence-corrected chi connectivity index (χ2v) is 8.01. The Labute approximate surface area is 181 Å². The van der Waals surface area contributed by atoms with Crippen molar-refractivity contribution in [3.05, 3.63) is 96.1 Å². The van der Waals surface area contributed by atoms with E-state index in [4.69, 9.17) is 0 Å². The Morgan fingerprint density at radius 1 is 0.581 bits per heavy atom. The van der Waals surface area contributed by atoms with Gasteiger partial charge in [0, 0.05) is 0 Å². The zero-order valence-corrected chi connectivity index (χ0v) is 17.5. The molecule has 0 spiro atoms. The van der Waals surface area contributed by atoms with E-state index in [0.29, 0.717) is 0 Å². The number of hydrogen-bond acceptors (Lipinski definition) is 0. The molecule has 0 aliphatic rings. The summed E-state index contributed by atoms with van der Waals surface area (Å²) < 4.78 is 38.3. The zero-order chi connectivity index (χ0) is 21.8. The molecule has 4 rings (SSSR count). The van der Waals surface area contributed by atoms with Crippen molar-refractivity contribution in [2.75, 3.05) is 0 Å². The van der Waals surface area contributed by atoms with Gasteiger partial charge in [-0.2, -0.15) is 13.2 Å². The molecule has 0 aliphatic carbocycles. The summed E-state index contributed by atoms with van der Waals surface area (Å²) in [5, 5.41) is 2.46. The summed E-state index contributed by atoms with van der Waals surface area (Å²) in [6.45, 7) is 2.22. The third kappa shape index (κ3) is 4.99. The van der Waals surface area contributed by atoms with Crippen LogP contribution in [0.25, 0.3) is 33.0 Å². The molecular formula is C28H25F3. The lowest BCUT2D eigenvalue weighted by Crippen LogP contribution is -2.03. The lowest BCUT2D eigenvalue weighted by molar-refractivity contribution is -0.137. The fourth-order valence-electron chi connectivity index (χ4n) is 3.92. The molecule has 0 saturated carbocycles. The van der Waals surface area contributed by atoms with Gasteiger partial charge in [0.05, 0.1) is 5.56 Å². The van der Waals surface area contributed by atoms with Gasteiger partial charge in [-0.25, -0.2) is 0 Å². The largest absolute Gasteiger partial charge is 0.416 e. The number of alkyl halides is 3. The zero-order valence-electron chi connectivity index (χ0n) is 17.5. The van der Waals surface area contributed by atoms with Gasteiger partial charge in [-0.3, -0.25) is 0 Å². The number of halogens is 3. The standard InChI is InChI=1S/C28H25F3/c1-2-3-4-5-20-6-7-26-19-25(13-12-24(26)18-20)23-10-8-21(9-11-23)22-14-16-27(17-15-22)28(29,30)31/h6-19H,2-5H2,1H3. The first-order chi connectivity index (χ1) is 14.9. The van der Waals surface area contributed by atoms with Gasteiger partial charge < -0.3 is 0 Å². The molecule has 0 radical (unpaired) electrons. The summed E-state index contributed by atoms with van der Waals surface area (Å²) >= 11 is 0. The summed E-state index contributed by atoms with van der Waals surface area (Å²) in [4.78, 5) is 0. The number of hydrogen-bond donors (Lipinski definition) is 0. The van der Waals surface area contributed by atoms with E-state index < -0.39 is 11.7 Å². The van der Waals surface area contributed by atoms with E-state index in [1.807, 2.05) is 24.3 Å². The number of fused-ring (bicyclic) bond motifs is 1. The molecule has 0 fully saturated rings. The molecule has 4 aromatic carbocycles. The van der Waals surface area contributed by atoms with Crippen molar-refractivity contribution in [1.82, 2.24) is 0 Å². The average molecular weight is 419 g/mol. The summed E-state index contributed by atoms with van der Waals surface area (Å²) in [6.07, 6.45) is 0.533. The normalized spacial score (nSPS) is 11.7. The second kappa shape index (κ2) is 8.97. The van der Waals surface area contributed by atoms with Gasteiger partial charge in [0.2, 0.25) is 0 Å². The maximum Gasteiger partial charge on any atom is 0.416 e. The summed E-state index contributed by atoms with van der Waals surface area (Å²) in [5.74, 6) is 0. The molecule has 3 heteroatoms. The van der Waals surface area contributed by atoms with E-state index in [2.05, 4.69) is 43.3 Å². The smallest absolute Gasteiger partial charge is 0.166 e. The van der Waals surface area contributed by atoms with E-state index in [-0.39, 0.29) is 0 Å². The van der Waals surface area contributed by atoms with E-state index >= 15 is 0 Å². The van der Waals surface area contributed by atoms with E-state index in [1.54, 1.807) is 0 Å². The van der Waals surface area contributed by atoms with Crippen LogP contribution in [0.15, 0.2) is 84.9 Å². The molecule has 31 heavy (non-hydrogen) atoms. The predicted molar refractivity (Wildman–Crippen MR) is 123 cm³/mol. The highest BCUT2D eigenvalue weighted by molar-refractivity contribution is 5.88. The summed E-state index contributed by atoms with van der Waals surface area (Å²) in [6, 6.07) is 26.4. The minimum atomic E-state index is -4.31. The summed E-state index contributed by atoms with van der Waals surface area (Å²) in [5.41, 5.74) is 4.64. The molecular weight excluding hydrogens is 393 g/mol. The van der Waals surface area contributed by atoms with Crippen molar-refractivity contribution in [3.63, 3.8) is 0 Å². The Morgan fingerprint density at radius 2 is 1.10 bits per heavy atom. The van der Waals surface area contributed by atoms with Gasteiger partial charge in [-0.15, -0.1) is 0 Å². The van der Waals surface area contributed by atoms with Crippen LogP contribution in [-0.2, 0) is 12.6 Å². The molecule has 0 atom stereocenters. The van der Waals surface area contributed by atoms with Gasteiger partial charge >= 0.3 is 6.18 Å². The van der Waals surface area contributed by atoms with Gasteiger partial charge in [-0.1, -0.05) is 86.5 Å². The van der Waals surface area contributed by atoms with E-state index in [0.717, 1.165) is 40.8 Å². The quantitative estimate of drug-likeness (QED) is 0.274. The SMILES string of the molecule is CCCCCc1ccc2cc(-c3ccc(-c4ccc(C(F)(F)F)cc4)cc3)ccc2c1. The number of aryl methyl sites for hydroxylation is 1. The van der Waals surface area contributed by atoms with Crippen LogP contribution in [0.2, 0.25) is 0 Å². The van der Waals surface area contributed by atoms with Crippen LogP contribution in [0.4, 0.5) is 13.2 Å². The van der Waals surface area contributed by atoms with Crippen LogP contribution in [0.5, 0.6) is 0 Å². The first-order valence-corrected chi connectivity index (χ1v) is 10.7. The van der Waals surface area contributed by atoms with Gasteiger partial charge in [0.1, 0.15) is 0 Å². The summed E-state index contributed by atoms with van der Waals surface area (Å²) in [7, 11) is 0. The molecule has 0 aliphatic heterocycles. The monoisotopic (exact) mass is 418 g/mol. The third-order valence-corrected chi connectivity index (χ3v) is 5.74. The molecule has 0 saturated heterocycles. The van der Waals surface area contributed by atoms with Crippen LogP contribution in [0, 0.1) is 0 Å². The third-order valence-electron chi connectivity index (χ3n) is 5.74. The van der Waals surface area contributed by atoms with Crippen LogP contribution in [-0.4, -0.2) is 0 Å². The Balaban J connectivity index is 1.53. The lowest BCUT2D eigenvalue weighted by Gasteiger charge is -2.09. The lowest BCUT2D eigenvalue weighted by atomic mass is 9.96. The highest BCUT2D eigenvalue weighted by Crippen LogP contribution is 2.32. The molecule has 0 heterocycles. The first-order valence-electron chi connectivity index (χ1n) is 10.7. The maximum absolute atomic E-state index is 12.8. The minimum absolute atomic E-state index is 0.627. The van der Waals surface area contributed by atoms with Gasteiger partial charge in [-0.05, 0) is 69.6 Å². The second-order valence-electron chi connectivity index (χ2n) is 8.01. The van der Waals surface area contributed by atoms with Crippen molar-refractivity contribution in [2.45, 2.75) is 38.8 Å². The van der Waals surface area contributed by atoms with Crippen LogP contribution in [0.1, 0.15) is 37.3 Å².